The molecule has 4 aromatic heterocycles. The number of carboxylic acid groups (broad SMARTS) is 2. The monoisotopic (exact) mass is 2210 g/mol. The summed E-state index contributed by atoms with van der Waals surface area (Å²) in [5.74, 6) is -2.16. The average Bonchev–Trinajstić information content (AvgIpc) is 1.64. The molecule has 8 fully saturated rings. The number of hydrogen-bond donors (Lipinski definition) is 4. The number of amides is 3. The number of carbonyl (C=O) groups is 10. The van der Waals surface area contributed by atoms with Gasteiger partial charge in [-0.1, -0.05) is 186 Å². The second kappa shape index (κ2) is 49.1. The number of halogens is 8. The minimum Gasteiger partial charge on any atom is -0.481 e. The molecule has 8 aliphatic carbocycles. The first-order valence-electron chi connectivity index (χ1n) is 52.5. The highest BCUT2D eigenvalue weighted by Crippen LogP contribution is 2.52. The molecule has 2 unspecified atom stereocenters. The van der Waals surface area contributed by atoms with Crippen LogP contribution in [0.4, 0.5) is 0 Å². The van der Waals surface area contributed by atoms with Gasteiger partial charge in [0.05, 0.1) is 140 Å². The first-order valence-corrected chi connectivity index (χ1v) is 58.0. The van der Waals surface area contributed by atoms with Crippen molar-refractivity contribution in [1.29, 1.82) is 0 Å². The van der Waals surface area contributed by atoms with Crippen LogP contribution in [0.1, 0.15) is 383 Å². The van der Waals surface area contributed by atoms with Crippen LogP contribution in [-0.4, -0.2) is 188 Å². The Morgan fingerprint density at radius 1 is 0.392 bits per heavy atom. The third-order valence-electron chi connectivity index (χ3n) is 34.2. The number of aromatic nitrogens is 8. The predicted molar refractivity (Wildman–Crippen MR) is 587 cm³/mol. The molecule has 0 bridgehead atoms. The van der Waals surface area contributed by atoms with Crippen LogP contribution in [0.3, 0.4) is 0 Å². The molecule has 148 heavy (non-hydrogen) atoms. The number of aliphatic hydroxyl groups is 1. The van der Waals surface area contributed by atoms with E-state index in [4.69, 9.17) is 102 Å². The highest BCUT2D eigenvalue weighted by Gasteiger charge is 2.48. The van der Waals surface area contributed by atoms with Gasteiger partial charge in [0, 0.05) is 97.3 Å². The van der Waals surface area contributed by atoms with Crippen LogP contribution < -0.4 is 5.32 Å². The van der Waals surface area contributed by atoms with Gasteiger partial charge in [0.1, 0.15) is 22.9 Å². The van der Waals surface area contributed by atoms with Crippen molar-refractivity contribution >= 4 is 160 Å². The molecule has 0 aliphatic heterocycles. The maximum absolute atomic E-state index is 13.7. The van der Waals surface area contributed by atoms with Gasteiger partial charge in [-0.05, 0) is 298 Å². The molecule has 0 saturated heterocycles. The largest absolute Gasteiger partial charge is 0.481 e. The molecule has 4 aromatic carbocycles. The first-order chi connectivity index (χ1) is 69.5. The third kappa shape index (κ3) is 28.7. The number of rotatable bonds is 37. The van der Waals surface area contributed by atoms with Crippen molar-refractivity contribution < 1.29 is 67.7 Å². The molecule has 3 amide bonds. The van der Waals surface area contributed by atoms with E-state index >= 15 is 0 Å². The van der Waals surface area contributed by atoms with Crippen molar-refractivity contribution in [2.45, 2.75) is 333 Å². The fraction of sp³-hybridized carbons (Fsp3) is 0.593. The molecule has 0 radical (unpaired) electrons. The Kier molecular flexibility index (Phi) is 39.3. The molecule has 35 heteroatoms. The van der Waals surface area contributed by atoms with E-state index in [0.29, 0.717) is 98.8 Å². The lowest BCUT2D eigenvalue weighted by Crippen LogP contribution is -2.40. The molecular weight excluding hydrogens is 2060 g/mol. The summed E-state index contributed by atoms with van der Waals surface area (Å²) in [6.45, 7) is 39.1. The van der Waals surface area contributed by atoms with Gasteiger partial charge in [0.25, 0.3) is 17.7 Å². The van der Waals surface area contributed by atoms with E-state index < -0.39 is 31.8 Å². The Morgan fingerprint density at radius 3 is 0.926 bits per heavy atom. The van der Waals surface area contributed by atoms with Crippen LogP contribution in [0.15, 0.2) is 97.6 Å². The topological polar surface area (TPSA) is 334 Å². The van der Waals surface area contributed by atoms with Gasteiger partial charge in [-0.25, -0.2) is 4.79 Å². The number of nitrogens with zero attached hydrogens (tertiary/aromatic N) is 11. The summed E-state index contributed by atoms with van der Waals surface area (Å²) in [5, 5.41) is 54.3. The summed E-state index contributed by atoms with van der Waals surface area (Å²) >= 11 is 50.6. The average molecular weight is 2210 g/mol. The highest BCUT2D eigenvalue weighted by molar-refractivity contribution is 6.73. The van der Waals surface area contributed by atoms with Crippen LogP contribution in [0.5, 0.6) is 0 Å². The second-order valence-electron chi connectivity index (χ2n) is 45.9. The molecule has 8 aliphatic rings. The number of aliphatic hydroxyl groups excluding tert-OH is 1. The van der Waals surface area contributed by atoms with Crippen LogP contribution in [0.2, 0.25) is 58.3 Å². The lowest BCUT2D eigenvalue weighted by atomic mass is 9.71. The molecule has 0 spiro atoms. The number of carbonyl (C=O) groups excluding carboxylic acids is 8. The lowest BCUT2D eigenvalue weighted by Gasteiger charge is -2.35. The van der Waals surface area contributed by atoms with Gasteiger partial charge in [-0.2, -0.15) is 20.4 Å². The zero-order valence-corrected chi connectivity index (χ0v) is 96.3. The number of aromatic carboxylic acids is 1. The number of carboxylic acids is 2. The van der Waals surface area contributed by atoms with E-state index in [1.807, 2.05) is 78.5 Å². The van der Waals surface area contributed by atoms with Crippen LogP contribution >= 0.6 is 92.8 Å². The SMILES string of the molecule is CC(=O)C1(C)CCC(n2ncc(C(=O)N(CC(=O)c3c(Cl)cccc3Cl)CC3(C)CC3)c2C)CC1.CC(=O)C1(C)CCC(n2ncc(C(=O)N(CC(O)c3c(Cl)cccc3Cl)CC3(C)CC3)c2C)CC1.CC(=O)C1(C)CCC(n2ncc(C(=O)O)c2C)CC1.CC[Si](CC)(CC)OC(CNCC1(C)CC1)c1c(Cl)cccc1Cl.Cc1c(C(=O)N(CC(=O)c2c(Cl)cccc2Cl)CC2(C)CC2)cnn1C1CCC(C)(C(=O)O)CC1. The fourth-order valence-corrected chi connectivity index (χ4v) is 26.5. The van der Waals surface area contributed by atoms with Crippen molar-refractivity contribution in [1.82, 2.24) is 59.1 Å². The van der Waals surface area contributed by atoms with Crippen molar-refractivity contribution in [2.75, 3.05) is 52.4 Å². The van der Waals surface area contributed by atoms with Gasteiger partial charge in [0.15, 0.2) is 19.9 Å². The van der Waals surface area contributed by atoms with Gasteiger partial charge in [-0.15, -0.1) is 0 Å². The molecule has 16 rings (SSSR count). The van der Waals surface area contributed by atoms with E-state index in [2.05, 4.69) is 74.2 Å². The summed E-state index contributed by atoms with van der Waals surface area (Å²) < 4.78 is 14.3. The van der Waals surface area contributed by atoms with E-state index in [9.17, 15) is 58.2 Å². The van der Waals surface area contributed by atoms with Gasteiger partial charge in [-0.3, -0.25) is 61.9 Å². The number of hydrogen-bond acceptors (Lipinski definition) is 17. The fourth-order valence-electron chi connectivity index (χ4n) is 21.2. The standard InChI is InChI=1S/C27H35Cl2N3O3.C27H33Cl2N3O3.C26H31Cl2N3O4.C19H31Cl2NOSi.C14H20N2O3/c2*1-17-20(14-30-32(17)19-8-10-27(4,11-9-19)18(2)33)25(35)31(16-26(3)12-13-26)15-23(34)24-21(28)6-5-7-22(24)29;1-16-18(13-29-31(16)17-7-9-26(3,10-8-17)24(34)35)23(33)30(15-25(2)11-12-25)14-21(32)22-19(27)5-4-6-20(22)28;1-5-24(6-2,7-3)23-17(13-22-14-19(4)11-12-19)18-15(20)9-8-10-16(18)21;1-9-12(13(18)19)8-15-16(9)11-4-6-14(3,7-5-11)10(2)17/h5-7,14,19,23,34H,8-13,15-16H2,1-4H3;5-7,14,19H,8-13,15-16H2,1-4H3;4-6,13,17H,7-12,14-15H2,1-3H3,(H,34,35);8-10,17,22H,5-7,11-14H2,1-4H3;8,11H,4-7H2,1-3H3,(H,18,19). The number of aliphatic carboxylic acids is 1. The van der Waals surface area contributed by atoms with Crippen molar-refractivity contribution in [2.24, 2.45) is 43.3 Å². The molecule has 2 atom stereocenters. The quantitative estimate of drug-likeness (QED) is 0.0208. The maximum atomic E-state index is 13.7. The summed E-state index contributed by atoms with van der Waals surface area (Å²) in [5.41, 5.74) is 5.77. The summed E-state index contributed by atoms with van der Waals surface area (Å²) in [7, 11) is -1.75. The Balaban J connectivity index is 0.000000167. The first kappa shape index (κ1) is 118. The Hall–Kier alpha value is -8.16. The lowest BCUT2D eigenvalue weighted by molar-refractivity contribution is -0.150. The molecule has 8 aromatic rings. The summed E-state index contributed by atoms with van der Waals surface area (Å²) in [6, 6.07) is 24.6. The number of nitrogens with one attached hydrogen (secondary N) is 1. The summed E-state index contributed by atoms with van der Waals surface area (Å²) in [6.07, 6.45) is 26.6. The highest BCUT2D eigenvalue weighted by atomic mass is 35.5. The Labute approximate surface area is 913 Å². The van der Waals surface area contributed by atoms with E-state index in [-0.39, 0.29) is 166 Å². The molecule has 806 valence electrons. The van der Waals surface area contributed by atoms with Crippen molar-refractivity contribution in [3.63, 3.8) is 0 Å². The smallest absolute Gasteiger partial charge is 0.339 e. The van der Waals surface area contributed by atoms with Crippen LogP contribution in [0.25, 0.3) is 0 Å². The van der Waals surface area contributed by atoms with Crippen molar-refractivity contribution in [3.05, 3.63) is 205 Å². The normalized spacial score (nSPS) is 23.0. The van der Waals surface area contributed by atoms with Crippen LogP contribution in [-0.2, 0) is 23.6 Å². The van der Waals surface area contributed by atoms with E-state index in [1.54, 1.807) is 123 Å². The summed E-state index contributed by atoms with van der Waals surface area (Å²) in [4.78, 5) is 131. The Morgan fingerprint density at radius 2 is 0.655 bits per heavy atom. The second-order valence-corrected chi connectivity index (χ2v) is 53.8. The van der Waals surface area contributed by atoms with E-state index in [0.717, 1.165) is 169 Å². The van der Waals surface area contributed by atoms with Gasteiger partial charge < -0.3 is 39.8 Å². The predicted octanol–water partition coefficient (Wildman–Crippen LogP) is 27.4. The van der Waals surface area contributed by atoms with Gasteiger partial charge >= 0.3 is 11.9 Å². The Bertz CT molecular complexity index is 5880. The molecule has 4 heterocycles. The minimum absolute atomic E-state index is 0.00518. The maximum Gasteiger partial charge on any atom is 0.339 e. The number of ketones is 5. The van der Waals surface area contributed by atoms with E-state index in [1.165, 1.54) is 19.0 Å². The molecule has 4 N–H and O–H groups in total. The molecule has 26 nitrogen and oxygen atoms in total. The number of Topliss-reactive ketones (excluding diaryl/α,β-unsaturated/α-hetero) is 5. The van der Waals surface area contributed by atoms with Gasteiger partial charge in [0.2, 0.25) is 0 Å². The molecular formula is C113H150Cl8N12O14Si. The van der Waals surface area contributed by atoms with Crippen molar-refractivity contribution in [3.8, 4) is 0 Å². The van der Waals surface area contributed by atoms with Crippen LogP contribution in [0, 0.1) is 71.0 Å². The number of benzene rings is 4. The zero-order valence-electron chi connectivity index (χ0n) is 89.2. The zero-order chi connectivity index (χ0) is 109. The molecule has 8 saturated carbocycles. The third-order valence-corrected chi connectivity index (χ3v) is 41.4. The minimum atomic E-state index is -1.75.